The van der Waals surface area contributed by atoms with E-state index in [2.05, 4.69) is 9.97 Å². The van der Waals surface area contributed by atoms with Crippen molar-refractivity contribution in [2.24, 2.45) is 0 Å². The monoisotopic (exact) mass is 301 g/mol. The maximum atomic E-state index is 6.18. The average Bonchev–Trinajstić information content (AvgIpc) is 2.50. The number of methoxy groups -OCH3 is 1. The average molecular weight is 302 g/mol. The molecule has 5 nitrogen and oxygen atoms in total. The molecule has 1 heterocycles. The molecule has 2 N–H and O–H groups in total. The molecule has 0 saturated heterocycles. The highest BCUT2D eigenvalue weighted by molar-refractivity contribution is 6.35. The standard InChI is InChI=1S/C15H12ClN3O2/c1-20-13-8-14(19-15(17)18-13)21-12-7-6-11(16)9-4-2-3-5-10(9)12/h2-8H,1H3,(H2,17,18,19). The molecule has 6 heteroatoms. The van der Waals surface area contributed by atoms with Crippen LogP contribution in [0, 0.1) is 0 Å². The molecular weight excluding hydrogens is 290 g/mol. The van der Waals surface area contributed by atoms with Crippen LogP contribution in [0.4, 0.5) is 5.95 Å². The second-order valence-corrected chi connectivity index (χ2v) is 4.71. The minimum absolute atomic E-state index is 0.0858. The zero-order chi connectivity index (χ0) is 14.8. The Balaban J connectivity index is 2.06. The van der Waals surface area contributed by atoms with Gasteiger partial charge in [-0.25, -0.2) is 0 Å². The van der Waals surface area contributed by atoms with Crippen LogP contribution in [0.2, 0.25) is 5.02 Å². The number of aromatic nitrogens is 2. The Kier molecular flexibility index (Phi) is 3.50. The van der Waals surface area contributed by atoms with Gasteiger partial charge in [-0.1, -0.05) is 35.9 Å². The Morgan fingerprint density at radius 1 is 1.00 bits per heavy atom. The van der Waals surface area contributed by atoms with Crippen LogP contribution in [0.15, 0.2) is 42.5 Å². The van der Waals surface area contributed by atoms with E-state index in [0.29, 0.717) is 22.5 Å². The highest BCUT2D eigenvalue weighted by Gasteiger charge is 2.09. The first-order valence-electron chi connectivity index (χ1n) is 6.21. The smallest absolute Gasteiger partial charge is 0.227 e. The number of rotatable bonds is 3. The van der Waals surface area contributed by atoms with E-state index in [-0.39, 0.29) is 5.95 Å². The molecule has 0 aliphatic heterocycles. The number of nitrogens with two attached hydrogens (primary N) is 1. The van der Waals surface area contributed by atoms with Gasteiger partial charge < -0.3 is 15.2 Å². The normalized spacial score (nSPS) is 10.6. The lowest BCUT2D eigenvalue weighted by atomic mass is 10.1. The number of nitrogen functional groups attached to an aromatic ring is 1. The molecule has 1 aromatic heterocycles. The van der Waals surface area contributed by atoms with E-state index in [9.17, 15) is 0 Å². The summed E-state index contributed by atoms with van der Waals surface area (Å²) in [5.41, 5.74) is 5.62. The third-order valence-corrected chi connectivity index (χ3v) is 3.28. The molecule has 106 valence electrons. The fourth-order valence-electron chi connectivity index (χ4n) is 2.01. The summed E-state index contributed by atoms with van der Waals surface area (Å²) in [7, 11) is 1.50. The number of ether oxygens (including phenoxy) is 2. The van der Waals surface area contributed by atoms with Crippen molar-refractivity contribution >= 4 is 28.3 Å². The van der Waals surface area contributed by atoms with Gasteiger partial charge in [0.1, 0.15) is 5.75 Å². The van der Waals surface area contributed by atoms with E-state index in [1.54, 1.807) is 18.2 Å². The van der Waals surface area contributed by atoms with Crippen molar-refractivity contribution in [2.45, 2.75) is 0 Å². The van der Waals surface area contributed by atoms with Crippen LogP contribution in [0.25, 0.3) is 10.8 Å². The van der Waals surface area contributed by atoms with Gasteiger partial charge in [0, 0.05) is 15.8 Å². The van der Waals surface area contributed by atoms with Crippen molar-refractivity contribution < 1.29 is 9.47 Å². The number of benzene rings is 2. The summed E-state index contributed by atoms with van der Waals surface area (Å²) in [6, 6.07) is 12.8. The molecule has 0 atom stereocenters. The molecule has 0 amide bonds. The van der Waals surface area contributed by atoms with Gasteiger partial charge in [-0.3, -0.25) is 0 Å². The van der Waals surface area contributed by atoms with Gasteiger partial charge in [-0.15, -0.1) is 0 Å². The lowest BCUT2D eigenvalue weighted by molar-refractivity contribution is 0.389. The first kappa shape index (κ1) is 13.5. The largest absolute Gasteiger partial charge is 0.481 e. The molecule has 0 spiro atoms. The van der Waals surface area contributed by atoms with Crippen LogP contribution >= 0.6 is 11.6 Å². The summed E-state index contributed by atoms with van der Waals surface area (Å²) in [4.78, 5) is 7.95. The van der Waals surface area contributed by atoms with Crippen molar-refractivity contribution in [2.75, 3.05) is 12.8 Å². The zero-order valence-electron chi connectivity index (χ0n) is 11.2. The van der Waals surface area contributed by atoms with Gasteiger partial charge in [-0.2, -0.15) is 9.97 Å². The molecule has 0 bridgehead atoms. The van der Waals surface area contributed by atoms with Gasteiger partial charge in [0.25, 0.3) is 0 Å². The van der Waals surface area contributed by atoms with Gasteiger partial charge in [0.2, 0.25) is 17.7 Å². The highest BCUT2D eigenvalue weighted by Crippen LogP contribution is 2.34. The van der Waals surface area contributed by atoms with E-state index in [1.165, 1.54) is 7.11 Å². The first-order chi connectivity index (χ1) is 10.2. The topological polar surface area (TPSA) is 70.3 Å². The summed E-state index contributed by atoms with van der Waals surface area (Å²) in [5.74, 6) is 1.38. The number of hydrogen-bond donors (Lipinski definition) is 1. The summed E-state index contributed by atoms with van der Waals surface area (Å²) < 4.78 is 10.8. The predicted molar refractivity (Wildman–Crippen MR) is 82.0 cm³/mol. The van der Waals surface area contributed by atoms with Crippen LogP contribution in [0.1, 0.15) is 0 Å². The minimum Gasteiger partial charge on any atom is -0.481 e. The summed E-state index contributed by atoms with van der Waals surface area (Å²) in [6.45, 7) is 0. The first-order valence-corrected chi connectivity index (χ1v) is 6.59. The number of hydrogen-bond acceptors (Lipinski definition) is 5. The number of halogens is 1. The van der Waals surface area contributed by atoms with Gasteiger partial charge in [-0.05, 0) is 12.1 Å². The molecule has 0 unspecified atom stereocenters. The fraction of sp³-hybridized carbons (Fsp3) is 0.0667. The second-order valence-electron chi connectivity index (χ2n) is 4.30. The van der Waals surface area contributed by atoms with Crippen molar-refractivity contribution in [3.8, 4) is 17.5 Å². The number of anilines is 1. The van der Waals surface area contributed by atoms with Crippen molar-refractivity contribution in [3.05, 3.63) is 47.5 Å². The lowest BCUT2D eigenvalue weighted by Crippen LogP contribution is -1.99. The van der Waals surface area contributed by atoms with Gasteiger partial charge >= 0.3 is 0 Å². The SMILES string of the molecule is COc1cc(Oc2ccc(Cl)c3ccccc23)nc(N)n1. The molecule has 3 rings (SSSR count). The highest BCUT2D eigenvalue weighted by atomic mass is 35.5. The predicted octanol–water partition coefficient (Wildman–Crippen LogP) is 3.67. The molecule has 0 radical (unpaired) electrons. The van der Waals surface area contributed by atoms with Crippen molar-refractivity contribution in [3.63, 3.8) is 0 Å². The van der Waals surface area contributed by atoms with Gasteiger partial charge in [0.15, 0.2) is 0 Å². The Labute approximate surface area is 126 Å². The molecule has 0 aliphatic rings. The van der Waals surface area contributed by atoms with Crippen LogP contribution in [0.3, 0.4) is 0 Å². The maximum Gasteiger partial charge on any atom is 0.227 e. The molecular formula is C15H12ClN3O2. The second kappa shape index (κ2) is 5.46. The molecule has 2 aromatic carbocycles. The van der Waals surface area contributed by atoms with Crippen molar-refractivity contribution in [1.82, 2.24) is 9.97 Å². The van der Waals surface area contributed by atoms with E-state index in [4.69, 9.17) is 26.8 Å². The van der Waals surface area contributed by atoms with Crippen molar-refractivity contribution in [1.29, 1.82) is 0 Å². The van der Waals surface area contributed by atoms with Crippen LogP contribution < -0.4 is 15.2 Å². The lowest BCUT2D eigenvalue weighted by Gasteiger charge is -2.10. The Morgan fingerprint density at radius 2 is 1.71 bits per heavy atom. The van der Waals surface area contributed by atoms with Crippen LogP contribution in [-0.2, 0) is 0 Å². The molecule has 0 saturated carbocycles. The molecule has 3 aromatic rings. The third-order valence-electron chi connectivity index (χ3n) is 2.95. The Hall–Kier alpha value is -2.53. The Morgan fingerprint density at radius 3 is 2.48 bits per heavy atom. The summed E-state index contributed by atoms with van der Waals surface area (Å²) >= 11 is 6.18. The quantitative estimate of drug-likeness (QED) is 0.799. The number of nitrogens with zero attached hydrogens (tertiary/aromatic N) is 2. The van der Waals surface area contributed by atoms with Crippen LogP contribution in [0.5, 0.6) is 17.5 Å². The molecule has 0 aliphatic carbocycles. The Bertz CT molecular complexity index is 808. The van der Waals surface area contributed by atoms with E-state index >= 15 is 0 Å². The summed E-state index contributed by atoms with van der Waals surface area (Å²) in [5, 5.41) is 2.46. The zero-order valence-corrected chi connectivity index (χ0v) is 12.0. The minimum atomic E-state index is 0.0858. The van der Waals surface area contributed by atoms with Crippen LogP contribution in [-0.4, -0.2) is 17.1 Å². The van der Waals surface area contributed by atoms with Gasteiger partial charge in [0.05, 0.1) is 13.2 Å². The molecule has 0 fully saturated rings. The van der Waals surface area contributed by atoms with E-state index in [1.807, 2.05) is 24.3 Å². The third kappa shape index (κ3) is 2.68. The van der Waals surface area contributed by atoms with E-state index in [0.717, 1.165) is 10.8 Å². The molecule has 21 heavy (non-hydrogen) atoms. The fourth-order valence-corrected chi connectivity index (χ4v) is 2.24. The maximum absolute atomic E-state index is 6.18. The van der Waals surface area contributed by atoms with E-state index < -0.39 is 0 Å². The summed E-state index contributed by atoms with van der Waals surface area (Å²) in [6.07, 6.45) is 0. The number of fused-ring (bicyclic) bond motifs is 1.